The molecule has 2 rings (SSSR count). The van der Waals surface area contributed by atoms with E-state index in [1.54, 1.807) is 0 Å². The number of carbonyl (C=O) groups is 1. The molecule has 9 nitrogen and oxygen atoms in total. The number of nitrogens with one attached hydrogen (secondary N) is 1. The number of benzene rings is 2. The predicted molar refractivity (Wildman–Crippen MR) is 124 cm³/mol. The van der Waals surface area contributed by atoms with Crippen molar-refractivity contribution >= 4 is 27.3 Å². The lowest BCUT2D eigenvalue weighted by atomic mass is 9.87. The van der Waals surface area contributed by atoms with Gasteiger partial charge >= 0.3 is 0 Å². The number of carbonyl (C=O) groups excluding carboxylic acids is 1. The van der Waals surface area contributed by atoms with Crippen LogP contribution in [0.5, 0.6) is 5.75 Å². The van der Waals surface area contributed by atoms with Gasteiger partial charge in [-0.25, -0.2) is 8.42 Å². The van der Waals surface area contributed by atoms with Gasteiger partial charge in [-0.05, 0) is 36.1 Å². The second-order valence-corrected chi connectivity index (χ2v) is 10.3. The van der Waals surface area contributed by atoms with Crippen molar-refractivity contribution in [1.82, 2.24) is 5.32 Å². The van der Waals surface area contributed by atoms with Crippen LogP contribution in [-0.4, -0.2) is 44.7 Å². The highest BCUT2D eigenvalue weighted by molar-refractivity contribution is 7.92. The number of ether oxygens (including phenoxy) is 1. The summed E-state index contributed by atoms with van der Waals surface area (Å²) in [4.78, 5) is 23.0. The van der Waals surface area contributed by atoms with E-state index in [0.29, 0.717) is 5.75 Å². The molecule has 174 valence electrons. The molecule has 0 aliphatic rings. The van der Waals surface area contributed by atoms with Crippen molar-refractivity contribution in [2.24, 2.45) is 0 Å². The summed E-state index contributed by atoms with van der Waals surface area (Å²) in [5, 5.41) is 13.7. The molecule has 0 spiro atoms. The van der Waals surface area contributed by atoms with Crippen molar-refractivity contribution in [3.63, 3.8) is 0 Å². The molecule has 1 N–H and O–H groups in total. The summed E-state index contributed by atoms with van der Waals surface area (Å²) in [5.74, 6) is 0.114. The molecule has 0 fully saturated rings. The van der Waals surface area contributed by atoms with E-state index in [9.17, 15) is 23.3 Å². The first kappa shape index (κ1) is 25.1. The third-order valence-corrected chi connectivity index (χ3v) is 6.02. The van der Waals surface area contributed by atoms with Crippen molar-refractivity contribution in [2.45, 2.75) is 39.2 Å². The molecule has 0 aliphatic carbocycles. The molecule has 0 bridgehead atoms. The molecule has 1 atom stereocenters. The second kappa shape index (κ2) is 9.99. The first-order valence-electron chi connectivity index (χ1n) is 10.1. The summed E-state index contributed by atoms with van der Waals surface area (Å²) in [5.41, 5.74) is 0.982. The number of amides is 1. The van der Waals surface area contributed by atoms with E-state index in [1.807, 2.05) is 24.3 Å². The van der Waals surface area contributed by atoms with Crippen LogP contribution in [-0.2, 0) is 20.2 Å². The highest BCUT2D eigenvalue weighted by Gasteiger charge is 2.29. The minimum atomic E-state index is -3.88. The van der Waals surface area contributed by atoms with Crippen molar-refractivity contribution in [1.29, 1.82) is 0 Å². The van der Waals surface area contributed by atoms with E-state index in [-0.39, 0.29) is 29.9 Å². The molecular weight excluding hydrogens is 434 g/mol. The average Bonchev–Trinajstić information content (AvgIpc) is 2.70. The Kier molecular flexibility index (Phi) is 7.84. The lowest BCUT2D eigenvalue weighted by Crippen LogP contribution is -2.48. The Morgan fingerprint density at radius 3 is 2.34 bits per heavy atom. The molecular formula is C22H29N3O6S. The number of nitro groups is 1. The molecule has 0 heterocycles. The Morgan fingerprint density at radius 2 is 1.81 bits per heavy atom. The Hall–Kier alpha value is -3.14. The highest BCUT2D eigenvalue weighted by Crippen LogP contribution is 2.26. The third-order valence-electron chi connectivity index (χ3n) is 4.77. The maximum atomic E-state index is 12.6. The first-order valence-corrected chi connectivity index (χ1v) is 11.9. The normalized spacial score (nSPS) is 12.7. The van der Waals surface area contributed by atoms with E-state index < -0.39 is 26.9 Å². The van der Waals surface area contributed by atoms with Gasteiger partial charge in [0.2, 0.25) is 15.9 Å². The quantitative estimate of drug-likeness (QED) is 0.346. The lowest BCUT2D eigenvalue weighted by Gasteiger charge is -2.28. The highest BCUT2D eigenvalue weighted by atomic mass is 32.2. The number of nitro benzene ring substituents is 1. The van der Waals surface area contributed by atoms with Gasteiger partial charge in [-0.15, -0.1) is 0 Å². The molecule has 0 aliphatic heterocycles. The SMILES string of the molecule is C[C@@H](C(=O)NCCOc1ccc(C(C)(C)C)cc1)N(c1cccc([N+](=O)[O-])c1)S(C)(=O)=O. The van der Waals surface area contributed by atoms with Crippen LogP contribution in [0.1, 0.15) is 33.3 Å². The molecule has 0 aromatic heterocycles. The minimum absolute atomic E-state index is 0.0350. The summed E-state index contributed by atoms with van der Waals surface area (Å²) < 4.78 is 31.1. The largest absolute Gasteiger partial charge is 0.492 e. The molecule has 0 saturated carbocycles. The van der Waals surface area contributed by atoms with Gasteiger partial charge in [-0.3, -0.25) is 19.2 Å². The predicted octanol–water partition coefficient (Wildman–Crippen LogP) is 3.24. The topological polar surface area (TPSA) is 119 Å². The number of non-ortho nitro benzene ring substituents is 1. The monoisotopic (exact) mass is 463 g/mol. The van der Waals surface area contributed by atoms with Crippen LogP contribution in [0.2, 0.25) is 0 Å². The fourth-order valence-corrected chi connectivity index (χ4v) is 4.26. The third kappa shape index (κ3) is 6.68. The van der Waals surface area contributed by atoms with Crippen molar-refractivity contribution in [3.8, 4) is 5.75 Å². The summed E-state index contributed by atoms with van der Waals surface area (Å²) in [6.45, 7) is 8.13. The Bertz CT molecular complexity index is 1060. The fourth-order valence-electron chi connectivity index (χ4n) is 3.09. The standard InChI is InChI=1S/C22H29N3O6S/c1-16(24(32(5,29)30)18-7-6-8-19(15-18)25(27)28)21(26)23-13-14-31-20-11-9-17(10-12-20)22(2,3)4/h6-12,15-16H,13-14H2,1-5H3,(H,23,26)/t16-/m0/s1. The number of hydrogen-bond acceptors (Lipinski definition) is 6. The number of anilines is 1. The van der Waals surface area contributed by atoms with E-state index >= 15 is 0 Å². The molecule has 0 saturated heterocycles. The van der Waals surface area contributed by atoms with Crippen LogP contribution >= 0.6 is 0 Å². The van der Waals surface area contributed by atoms with Crippen LogP contribution in [0, 0.1) is 10.1 Å². The minimum Gasteiger partial charge on any atom is -0.492 e. The number of hydrogen-bond donors (Lipinski definition) is 1. The van der Waals surface area contributed by atoms with Crippen molar-refractivity contribution in [2.75, 3.05) is 23.7 Å². The van der Waals surface area contributed by atoms with Gasteiger partial charge in [0.1, 0.15) is 18.4 Å². The zero-order valence-electron chi connectivity index (χ0n) is 18.9. The van der Waals surface area contributed by atoms with E-state index in [0.717, 1.165) is 16.6 Å². The number of sulfonamides is 1. The zero-order valence-corrected chi connectivity index (χ0v) is 19.7. The Balaban J connectivity index is 2.00. The lowest BCUT2D eigenvalue weighted by molar-refractivity contribution is -0.384. The number of rotatable bonds is 9. The van der Waals surface area contributed by atoms with Crippen LogP contribution in [0.25, 0.3) is 0 Å². The van der Waals surface area contributed by atoms with Gasteiger partial charge in [0.15, 0.2) is 0 Å². The van der Waals surface area contributed by atoms with Crippen LogP contribution < -0.4 is 14.4 Å². The van der Waals surface area contributed by atoms with E-state index in [4.69, 9.17) is 4.74 Å². The maximum absolute atomic E-state index is 12.6. The summed E-state index contributed by atoms with van der Waals surface area (Å²) in [6.07, 6.45) is 0.944. The van der Waals surface area contributed by atoms with E-state index in [1.165, 1.54) is 30.7 Å². The molecule has 1 amide bonds. The van der Waals surface area contributed by atoms with Gasteiger partial charge in [0.05, 0.1) is 23.4 Å². The summed E-state index contributed by atoms with van der Waals surface area (Å²) in [6, 6.07) is 11.7. The molecule has 10 heteroatoms. The second-order valence-electron chi connectivity index (χ2n) is 8.43. The smallest absolute Gasteiger partial charge is 0.271 e. The first-order chi connectivity index (χ1) is 14.8. The van der Waals surface area contributed by atoms with Crippen LogP contribution in [0.4, 0.5) is 11.4 Å². The van der Waals surface area contributed by atoms with Crippen LogP contribution in [0.3, 0.4) is 0 Å². The molecule has 0 radical (unpaired) electrons. The van der Waals surface area contributed by atoms with Crippen molar-refractivity contribution in [3.05, 3.63) is 64.2 Å². The van der Waals surface area contributed by atoms with Gasteiger partial charge in [-0.1, -0.05) is 39.0 Å². The van der Waals surface area contributed by atoms with Crippen molar-refractivity contribution < 1.29 is 22.9 Å². The molecule has 2 aromatic carbocycles. The number of nitrogens with zero attached hydrogens (tertiary/aromatic N) is 2. The summed E-state index contributed by atoms with van der Waals surface area (Å²) in [7, 11) is -3.88. The maximum Gasteiger partial charge on any atom is 0.271 e. The molecule has 0 unspecified atom stereocenters. The Morgan fingerprint density at radius 1 is 1.19 bits per heavy atom. The van der Waals surface area contributed by atoms with Gasteiger partial charge in [0, 0.05) is 12.1 Å². The average molecular weight is 464 g/mol. The van der Waals surface area contributed by atoms with Gasteiger partial charge < -0.3 is 10.1 Å². The summed E-state index contributed by atoms with van der Waals surface area (Å²) >= 11 is 0. The fraction of sp³-hybridized carbons (Fsp3) is 0.409. The van der Waals surface area contributed by atoms with Crippen LogP contribution in [0.15, 0.2) is 48.5 Å². The zero-order chi connectivity index (χ0) is 24.1. The van der Waals surface area contributed by atoms with Gasteiger partial charge in [-0.2, -0.15) is 0 Å². The molecule has 2 aromatic rings. The molecule has 32 heavy (non-hydrogen) atoms. The Labute approximate surface area is 188 Å². The van der Waals surface area contributed by atoms with Gasteiger partial charge in [0.25, 0.3) is 5.69 Å². The van der Waals surface area contributed by atoms with E-state index in [2.05, 4.69) is 26.1 Å².